The number of urea groups is 1. The molecule has 0 spiro atoms. The molecular weight excluding hydrogens is 434 g/mol. The number of nitrogens with one attached hydrogen (secondary N) is 1. The standard InChI is InChI=1S/C24H38F2N2O5/c1-5-18(3)27-23(31)28(14-8-7-13-24(4,25)26)15-16-33-20-11-9-19(10-12-20)17-21(22(29)30)32-6-2/h9-12,18,21H,5-8,13-17H2,1-4H3,(H,27,31)(H,29,30). The third kappa shape index (κ3) is 12.4. The molecule has 33 heavy (non-hydrogen) atoms. The van der Waals surface area contributed by atoms with E-state index in [1.165, 1.54) is 0 Å². The van der Waals surface area contributed by atoms with Gasteiger partial charge in [-0.05, 0) is 57.7 Å². The van der Waals surface area contributed by atoms with Crippen molar-refractivity contribution < 1.29 is 33.0 Å². The zero-order chi connectivity index (χ0) is 24.9. The van der Waals surface area contributed by atoms with Crippen LogP contribution in [0.4, 0.5) is 13.6 Å². The van der Waals surface area contributed by atoms with Gasteiger partial charge in [0.05, 0.1) is 6.54 Å². The number of hydrogen-bond acceptors (Lipinski definition) is 4. The average molecular weight is 473 g/mol. The van der Waals surface area contributed by atoms with Crippen molar-refractivity contribution >= 4 is 12.0 Å². The zero-order valence-corrected chi connectivity index (χ0v) is 20.1. The maximum atomic E-state index is 13.0. The fourth-order valence-corrected chi connectivity index (χ4v) is 3.09. The monoisotopic (exact) mass is 472 g/mol. The first-order valence-corrected chi connectivity index (χ1v) is 11.5. The molecule has 1 aromatic rings. The van der Waals surface area contributed by atoms with Crippen LogP contribution in [0.25, 0.3) is 0 Å². The minimum absolute atomic E-state index is 0.0137. The molecule has 0 heterocycles. The van der Waals surface area contributed by atoms with Gasteiger partial charge in [0.25, 0.3) is 0 Å². The van der Waals surface area contributed by atoms with Gasteiger partial charge in [-0.1, -0.05) is 19.1 Å². The second-order valence-electron chi connectivity index (χ2n) is 8.25. The molecule has 0 aliphatic carbocycles. The molecule has 0 fully saturated rings. The van der Waals surface area contributed by atoms with E-state index < -0.39 is 18.0 Å². The number of hydrogen-bond donors (Lipinski definition) is 2. The van der Waals surface area contributed by atoms with Crippen molar-refractivity contribution in [1.29, 1.82) is 0 Å². The fourth-order valence-electron chi connectivity index (χ4n) is 3.09. The van der Waals surface area contributed by atoms with Crippen LogP contribution in [-0.2, 0) is 16.0 Å². The molecular formula is C24H38F2N2O5. The van der Waals surface area contributed by atoms with E-state index >= 15 is 0 Å². The number of unbranched alkanes of at least 4 members (excludes halogenated alkanes) is 1. The Bertz CT molecular complexity index is 710. The second-order valence-corrected chi connectivity index (χ2v) is 8.25. The van der Waals surface area contributed by atoms with Crippen molar-refractivity contribution in [2.75, 3.05) is 26.3 Å². The van der Waals surface area contributed by atoms with Crippen molar-refractivity contribution in [2.45, 2.75) is 77.9 Å². The van der Waals surface area contributed by atoms with Crippen molar-refractivity contribution in [3.8, 4) is 5.75 Å². The number of ether oxygens (including phenoxy) is 2. The largest absolute Gasteiger partial charge is 0.492 e. The number of carboxylic acid groups (broad SMARTS) is 1. The summed E-state index contributed by atoms with van der Waals surface area (Å²) in [5, 5.41) is 12.1. The molecule has 0 aromatic heterocycles. The number of carbonyl (C=O) groups is 2. The molecule has 0 radical (unpaired) electrons. The Morgan fingerprint density at radius 2 is 1.82 bits per heavy atom. The normalized spacial score (nSPS) is 13.3. The van der Waals surface area contributed by atoms with E-state index in [1.807, 2.05) is 13.8 Å². The second kappa shape index (κ2) is 14.7. The summed E-state index contributed by atoms with van der Waals surface area (Å²) < 4.78 is 37.1. The Kier molecular flexibility index (Phi) is 12.7. The van der Waals surface area contributed by atoms with E-state index in [9.17, 15) is 23.5 Å². The molecule has 0 aliphatic heterocycles. The molecule has 0 saturated heterocycles. The van der Waals surface area contributed by atoms with Crippen LogP contribution in [0.5, 0.6) is 5.75 Å². The molecule has 1 aromatic carbocycles. The number of halogens is 2. The molecule has 2 unspecified atom stereocenters. The van der Waals surface area contributed by atoms with E-state index in [0.29, 0.717) is 38.3 Å². The van der Waals surface area contributed by atoms with Gasteiger partial charge >= 0.3 is 12.0 Å². The van der Waals surface area contributed by atoms with Crippen LogP contribution in [0.2, 0.25) is 0 Å². The van der Waals surface area contributed by atoms with Crippen LogP contribution >= 0.6 is 0 Å². The highest BCUT2D eigenvalue weighted by Crippen LogP contribution is 2.20. The van der Waals surface area contributed by atoms with Crippen molar-refractivity contribution in [2.24, 2.45) is 0 Å². The highest BCUT2D eigenvalue weighted by Gasteiger charge is 2.21. The lowest BCUT2D eigenvalue weighted by Gasteiger charge is -2.25. The third-order valence-electron chi connectivity index (χ3n) is 5.18. The summed E-state index contributed by atoms with van der Waals surface area (Å²) in [6.45, 7) is 7.78. The fraction of sp³-hybridized carbons (Fsp3) is 0.667. The van der Waals surface area contributed by atoms with Crippen molar-refractivity contribution in [3.05, 3.63) is 29.8 Å². The van der Waals surface area contributed by atoms with Crippen LogP contribution in [0.15, 0.2) is 24.3 Å². The molecule has 2 N–H and O–H groups in total. The molecule has 1 rings (SSSR count). The maximum Gasteiger partial charge on any atom is 0.333 e. The van der Waals surface area contributed by atoms with Gasteiger partial charge in [-0.15, -0.1) is 0 Å². The number of carboxylic acids is 1. The van der Waals surface area contributed by atoms with E-state index in [-0.39, 0.29) is 31.5 Å². The predicted octanol–water partition coefficient (Wildman–Crippen LogP) is 4.73. The molecule has 0 saturated carbocycles. The van der Waals surface area contributed by atoms with Gasteiger partial charge in [-0.25, -0.2) is 18.4 Å². The van der Waals surface area contributed by atoms with E-state index in [0.717, 1.165) is 18.9 Å². The van der Waals surface area contributed by atoms with Gasteiger partial charge < -0.3 is 24.8 Å². The SMILES string of the molecule is CCOC(Cc1ccc(OCCN(CCCCC(C)(F)F)C(=O)NC(C)CC)cc1)C(=O)O. The lowest BCUT2D eigenvalue weighted by molar-refractivity contribution is -0.149. The quantitative estimate of drug-likeness (QED) is 0.340. The topological polar surface area (TPSA) is 88.1 Å². The van der Waals surface area contributed by atoms with E-state index in [4.69, 9.17) is 9.47 Å². The number of nitrogens with zero attached hydrogens (tertiary/aromatic N) is 1. The molecule has 2 atom stereocenters. The molecule has 9 heteroatoms. The molecule has 188 valence electrons. The Hall–Kier alpha value is -2.42. The van der Waals surface area contributed by atoms with Crippen LogP contribution in [0.1, 0.15) is 58.9 Å². The van der Waals surface area contributed by atoms with E-state index in [2.05, 4.69) is 5.32 Å². The molecule has 0 bridgehead atoms. The van der Waals surface area contributed by atoms with Crippen LogP contribution in [-0.4, -0.2) is 66.4 Å². The van der Waals surface area contributed by atoms with Gasteiger partial charge in [0.2, 0.25) is 5.92 Å². The van der Waals surface area contributed by atoms with Gasteiger partial charge in [-0.3, -0.25) is 0 Å². The minimum Gasteiger partial charge on any atom is -0.492 e. The summed E-state index contributed by atoms with van der Waals surface area (Å²) in [5.74, 6) is -3.11. The Labute approximate surface area is 195 Å². The number of carbonyl (C=O) groups excluding carboxylic acids is 1. The number of aliphatic carboxylic acids is 1. The number of rotatable bonds is 16. The predicted molar refractivity (Wildman–Crippen MR) is 123 cm³/mol. The molecule has 0 aliphatic rings. The van der Waals surface area contributed by atoms with Crippen molar-refractivity contribution in [3.63, 3.8) is 0 Å². The average Bonchev–Trinajstić information content (AvgIpc) is 2.75. The summed E-state index contributed by atoms with van der Waals surface area (Å²) in [4.78, 5) is 25.4. The Morgan fingerprint density at radius 3 is 2.36 bits per heavy atom. The lowest BCUT2D eigenvalue weighted by Crippen LogP contribution is -2.45. The number of alkyl halides is 2. The first-order chi connectivity index (χ1) is 15.6. The van der Waals surface area contributed by atoms with Crippen LogP contribution in [0.3, 0.4) is 0 Å². The summed E-state index contributed by atoms with van der Waals surface area (Å²) in [5.41, 5.74) is 0.811. The van der Waals surface area contributed by atoms with Crippen molar-refractivity contribution in [1.82, 2.24) is 10.2 Å². The Balaban J connectivity index is 2.59. The third-order valence-corrected chi connectivity index (χ3v) is 5.18. The van der Waals surface area contributed by atoms with Gasteiger partial charge in [0.15, 0.2) is 6.10 Å². The molecule has 2 amide bonds. The first kappa shape index (κ1) is 28.6. The summed E-state index contributed by atoms with van der Waals surface area (Å²) >= 11 is 0. The highest BCUT2D eigenvalue weighted by molar-refractivity contribution is 5.74. The summed E-state index contributed by atoms with van der Waals surface area (Å²) in [7, 11) is 0. The minimum atomic E-state index is -2.70. The highest BCUT2D eigenvalue weighted by atomic mass is 19.3. The summed E-state index contributed by atoms with van der Waals surface area (Å²) in [6.07, 6.45) is 0.754. The lowest BCUT2D eigenvalue weighted by atomic mass is 10.1. The number of benzene rings is 1. The first-order valence-electron chi connectivity index (χ1n) is 11.5. The van der Waals surface area contributed by atoms with Gasteiger partial charge in [0, 0.05) is 32.0 Å². The van der Waals surface area contributed by atoms with Gasteiger partial charge in [0.1, 0.15) is 12.4 Å². The van der Waals surface area contributed by atoms with Crippen LogP contribution < -0.4 is 10.1 Å². The molecule has 7 nitrogen and oxygen atoms in total. The zero-order valence-electron chi connectivity index (χ0n) is 20.1. The van der Waals surface area contributed by atoms with Crippen LogP contribution in [0, 0.1) is 0 Å². The smallest absolute Gasteiger partial charge is 0.333 e. The summed E-state index contributed by atoms with van der Waals surface area (Å²) in [6, 6.07) is 6.83. The Morgan fingerprint density at radius 1 is 1.15 bits per heavy atom. The maximum absolute atomic E-state index is 13.0. The number of amides is 2. The van der Waals surface area contributed by atoms with Gasteiger partial charge in [-0.2, -0.15) is 0 Å². The van der Waals surface area contributed by atoms with E-state index in [1.54, 1.807) is 36.1 Å².